The van der Waals surface area contributed by atoms with Crippen LogP contribution in [0.15, 0.2) is 0 Å². The predicted molar refractivity (Wildman–Crippen MR) is 52.4 cm³/mol. The highest BCUT2D eigenvalue weighted by Gasteiger charge is 2.68. The molecule has 0 aromatic heterocycles. The second kappa shape index (κ2) is 5.79. The van der Waals surface area contributed by atoms with Crippen LogP contribution in [0.4, 0.5) is 26.3 Å². The van der Waals surface area contributed by atoms with Crippen LogP contribution in [0, 0.1) is 5.92 Å². The van der Waals surface area contributed by atoms with Gasteiger partial charge in [-0.05, 0) is 18.8 Å². The molecule has 20 heavy (non-hydrogen) atoms. The summed E-state index contributed by atoms with van der Waals surface area (Å²) in [5, 5.41) is 11.0. The molecule has 1 fully saturated rings. The summed E-state index contributed by atoms with van der Waals surface area (Å²) < 4.78 is 77.7. The summed E-state index contributed by atoms with van der Waals surface area (Å²) in [6, 6.07) is 0. The van der Waals surface area contributed by atoms with E-state index in [1.54, 1.807) is 0 Å². The van der Waals surface area contributed by atoms with E-state index in [0.717, 1.165) is 19.3 Å². The number of rotatable bonds is 3. The third-order valence-corrected chi connectivity index (χ3v) is 3.26. The Kier molecular flexibility index (Phi) is 4.94. The molecule has 0 spiro atoms. The van der Waals surface area contributed by atoms with Crippen LogP contribution in [0.25, 0.3) is 0 Å². The lowest BCUT2D eigenvalue weighted by molar-refractivity contribution is -0.574. The first-order valence-electron chi connectivity index (χ1n) is 6.01. The van der Waals surface area contributed by atoms with Crippen molar-refractivity contribution in [1.29, 1.82) is 0 Å². The fraction of sp³-hybridized carbons (Fsp3) is 0.909. The van der Waals surface area contributed by atoms with Gasteiger partial charge in [-0.15, -0.1) is 0 Å². The second-order valence-corrected chi connectivity index (χ2v) is 4.78. The molecule has 0 atom stereocenters. The minimum atomic E-state index is -6.30. The van der Waals surface area contributed by atoms with Crippen molar-refractivity contribution in [2.24, 2.45) is 5.92 Å². The van der Waals surface area contributed by atoms with E-state index < -0.39 is 30.5 Å². The number of alkyl halides is 6. The van der Waals surface area contributed by atoms with Gasteiger partial charge in [0.1, 0.15) is 0 Å². The fourth-order valence-corrected chi connectivity index (χ4v) is 2.04. The van der Waals surface area contributed by atoms with Crippen LogP contribution in [0.2, 0.25) is 0 Å². The third-order valence-electron chi connectivity index (χ3n) is 3.26. The normalized spacial score (nSPS) is 18.9. The fourth-order valence-electron chi connectivity index (χ4n) is 2.04. The minimum absolute atomic E-state index is 0.293. The van der Waals surface area contributed by atoms with E-state index in [2.05, 4.69) is 4.74 Å². The van der Waals surface area contributed by atoms with Gasteiger partial charge in [-0.3, -0.25) is 4.79 Å². The number of esters is 1. The zero-order chi connectivity index (χ0) is 15.6. The molecule has 1 aliphatic rings. The molecule has 0 heterocycles. The van der Waals surface area contributed by atoms with Crippen molar-refractivity contribution in [2.75, 3.05) is 6.61 Å². The molecule has 3 nitrogen and oxygen atoms in total. The van der Waals surface area contributed by atoms with Crippen LogP contribution in [-0.2, 0) is 9.53 Å². The Morgan fingerprint density at radius 2 is 1.45 bits per heavy atom. The standard InChI is InChI=1S/C11H13F6O3/c12-10(13,14)9(19,11(15,16)17)8(18)20-6-7-4-2-1-3-5-7/h7H,1-6H2/q-1. The van der Waals surface area contributed by atoms with Crippen molar-refractivity contribution < 1.29 is 41.0 Å². The maximum atomic E-state index is 12.3. The number of halogens is 6. The number of hydrogen-bond donors (Lipinski definition) is 0. The lowest BCUT2D eigenvalue weighted by atomic mass is 9.90. The lowest BCUT2D eigenvalue weighted by Crippen LogP contribution is -2.71. The van der Waals surface area contributed by atoms with E-state index in [-0.39, 0.29) is 5.92 Å². The SMILES string of the molecule is O=C(OCC1CCCCC1)C([O-])(C(F)(F)F)C(F)(F)F. The van der Waals surface area contributed by atoms with Gasteiger partial charge in [-0.1, -0.05) is 19.3 Å². The molecular weight excluding hydrogens is 294 g/mol. The van der Waals surface area contributed by atoms with Crippen LogP contribution < -0.4 is 5.11 Å². The first kappa shape index (κ1) is 17.1. The van der Waals surface area contributed by atoms with Crippen LogP contribution in [0.1, 0.15) is 32.1 Å². The van der Waals surface area contributed by atoms with Crippen LogP contribution in [0.5, 0.6) is 0 Å². The molecule has 0 aliphatic heterocycles. The van der Waals surface area contributed by atoms with Gasteiger partial charge in [0.15, 0.2) is 5.60 Å². The Balaban J connectivity index is 2.75. The first-order valence-corrected chi connectivity index (χ1v) is 6.01. The third kappa shape index (κ3) is 3.36. The molecule has 0 unspecified atom stereocenters. The Morgan fingerprint density at radius 1 is 1.00 bits per heavy atom. The van der Waals surface area contributed by atoms with Gasteiger partial charge in [0.25, 0.3) is 0 Å². The molecule has 0 bridgehead atoms. The molecule has 0 amide bonds. The average molecular weight is 307 g/mol. The highest BCUT2D eigenvalue weighted by molar-refractivity contribution is 5.81. The van der Waals surface area contributed by atoms with Crippen LogP contribution in [0.3, 0.4) is 0 Å². The highest BCUT2D eigenvalue weighted by Crippen LogP contribution is 2.41. The van der Waals surface area contributed by atoms with E-state index in [1.165, 1.54) is 0 Å². The molecule has 0 aromatic rings. The zero-order valence-corrected chi connectivity index (χ0v) is 10.3. The van der Waals surface area contributed by atoms with Gasteiger partial charge in [-0.2, -0.15) is 26.3 Å². The Hall–Kier alpha value is -0.990. The molecule has 0 N–H and O–H groups in total. The molecule has 0 aromatic carbocycles. The predicted octanol–water partition coefficient (Wildman–Crippen LogP) is 2.33. The van der Waals surface area contributed by atoms with Crippen molar-refractivity contribution in [1.82, 2.24) is 0 Å². The quantitative estimate of drug-likeness (QED) is 0.594. The van der Waals surface area contributed by atoms with Crippen molar-refractivity contribution in [3.63, 3.8) is 0 Å². The molecule has 9 heteroatoms. The van der Waals surface area contributed by atoms with Gasteiger partial charge in [0.2, 0.25) is 0 Å². The number of ether oxygens (including phenoxy) is 1. The van der Waals surface area contributed by atoms with Crippen molar-refractivity contribution >= 4 is 5.97 Å². The smallest absolute Gasteiger partial charge is 0.399 e. The number of carbonyl (C=O) groups is 1. The van der Waals surface area contributed by atoms with E-state index in [0.29, 0.717) is 12.8 Å². The topological polar surface area (TPSA) is 49.4 Å². The van der Waals surface area contributed by atoms with Crippen molar-refractivity contribution in [2.45, 2.75) is 50.1 Å². The highest BCUT2D eigenvalue weighted by atomic mass is 19.4. The molecule has 0 saturated heterocycles. The maximum Gasteiger partial charge on any atom is 0.399 e. The van der Waals surface area contributed by atoms with E-state index in [4.69, 9.17) is 0 Å². The summed E-state index contributed by atoms with van der Waals surface area (Å²) in [6.45, 7) is -0.588. The molecule has 1 saturated carbocycles. The second-order valence-electron chi connectivity index (χ2n) is 4.78. The van der Waals surface area contributed by atoms with Gasteiger partial charge in [0.05, 0.1) is 6.61 Å². The van der Waals surface area contributed by atoms with Crippen LogP contribution in [-0.4, -0.2) is 30.5 Å². The van der Waals surface area contributed by atoms with E-state index in [1.807, 2.05) is 0 Å². The number of hydrogen-bond acceptors (Lipinski definition) is 3. The summed E-state index contributed by atoms with van der Waals surface area (Å²) in [7, 11) is 0. The molecule has 1 aliphatic carbocycles. The number of carbonyl (C=O) groups excluding carboxylic acids is 1. The Morgan fingerprint density at radius 3 is 1.85 bits per heavy atom. The Bertz CT molecular complexity index is 329. The zero-order valence-electron chi connectivity index (χ0n) is 10.3. The minimum Gasteiger partial charge on any atom is -0.828 e. The molecular formula is C11H13F6O3-. The molecule has 1 rings (SSSR count). The van der Waals surface area contributed by atoms with Gasteiger partial charge in [-0.25, -0.2) is 0 Å². The van der Waals surface area contributed by atoms with E-state index >= 15 is 0 Å². The summed E-state index contributed by atoms with van der Waals surface area (Å²) in [4.78, 5) is 11.0. The summed E-state index contributed by atoms with van der Waals surface area (Å²) in [5.74, 6) is -3.12. The maximum absolute atomic E-state index is 12.3. The summed E-state index contributed by atoms with van der Waals surface area (Å²) in [6.07, 6.45) is -9.04. The van der Waals surface area contributed by atoms with Gasteiger partial charge < -0.3 is 9.84 Å². The van der Waals surface area contributed by atoms with Crippen molar-refractivity contribution in [3.8, 4) is 0 Å². The summed E-state index contributed by atoms with van der Waals surface area (Å²) in [5.41, 5.74) is -5.73. The lowest BCUT2D eigenvalue weighted by Gasteiger charge is -2.40. The van der Waals surface area contributed by atoms with Crippen LogP contribution >= 0.6 is 0 Å². The van der Waals surface area contributed by atoms with Gasteiger partial charge in [0, 0.05) is 0 Å². The Labute approximate surface area is 110 Å². The largest absolute Gasteiger partial charge is 0.828 e. The average Bonchev–Trinajstić information content (AvgIpc) is 2.33. The first-order chi connectivity index (χ1) is 9.00. The van der Waals surface area contributed by atoms with Gasteiger partial charge >= 0.3 is 18.3 Å². The molecule has 0 radical (unpaired) electrons. The molecule has 118 valence electrons. The van der Waals surface area contributed by atoms with Crippen molar-refractivity contribution in [3.05, 3.63) is 0 Å². The summed E-state index contributed by atoms with van der Waals surface area (Å²) >= 11 is 0. The monoisotopic (exact) mass is 307 g/mol. The van der Waals surface area contributed by atoms with E-state index in [9.17, 15) is 36.2 Å².